The first-order valence-electron chi connectivity index (χ1n) is 9.07. The van der Waals surface area contributed by atoms with Crippen LogP contribution >= 0.6 is 0 Å². The molecule has 3 heteroatoms. The maximum absolute atomic E-state index is 5.67. The molecule has 0 saturated heterocycles. The summed E-state index contributed by atoms with van der Waals surface area (Å²) in [6.45, 7) is 11.2. The number of hydrogen-bond donors (Lipinski definition) is 1. The third kappa shape index (κ3) is 3.62. The molecule has 0 radical (unpaired) electrons. The van der Waals surface area contributed by atoms with E-state index in [1.165, 1.54) is 50.5 Å². The normalized spacial score (nSPS) is 23.0. The molecule has 1 heterocycles. The van der Waals surface area contributed by atoms with E-state index in [0.717, 1.165) is 26.2 Å². The number of ether oxygens (including phenoxy) is 1. The SMILES string of the molecule is CCCNC(C1=COCCC1)C1(N(CC)CC)CCCC1. The fraction of sp³-hybridized carbons (Fsp3) is 0.889. The molecule has 1 fully saturated rings. The van der Waals surface area contributed by atoms with E-state index in [1.807, 2.05) is 0 Å². The van der Waals surface area contributed by atoms with E-state index < -0.39 is 0 Å². The van der Waals surface area contributed by atoms with Gasteiger partial charge in [0.1, 0.15) is 0 Å². The van der Waals surface area contributed by atoms with Crippen molar-refractivity contribution in [3.8, 4) is 0 Å². The number of nitrogens with one attached hydrogen (secondary N) is 1. The van der Waals surface area contributed by atoms with Gasteiger partial charge in [-0.3, -0.25) is 4.90 Å². The van der Waals surface area contributed by atoms with Gasteiger partial charge in [-0.2, -0.15) is 0 Å². The predicted molar refractivity (Wildman–Crippen MR) is 89.5 cm³/mol. The zero-order chi connectivity index (χ0) is 15.1. The third-order valence-corrected chi connectivity index (χ3v) is 5.33. The van der Waals surface area contributed by atoms with Crippen LogP contribution < -0.4 is 5.32 Å². The highest BCUT2D eigenvalue weighted by molar-refractivity contribution is 5.21. The van der Waals surface area contributed by atoms with Crippen molar-refractivity contribution in [1.82, 2.24) is 10.2 Å². The van der Waals surface area contributed by atoms with Gasteiger partial charge in [0, 0.05) is 11.6 Å². The van der Waals surface area contributed by atoms with Crippen LogP contribution in [0.1, 0.15) is 65.7 Å². The Labute approximate surface area is 131 Å². The minimum Gasteiger partial charge on any atom is -0.501 e. The summed E-state index contributed by atoms with van der Waals surface area (Å²) in [5.74, 6) is 0. The van der Waals surface area contributed by atoms with Crippen molar-refractivity contribution in [2.45, 2.75) is 77.3 Å². The first-order chi connectivity index (χ1) is 10.3. The van der Waals surface area contributed by atoms with Crippen LogP contribution in [-0.4, -0.2) is 42.7 Å². The summed E-state index contributed by atoms with van der Waals surface area (Å²) in [4.78, 5) is 2.71. The smallest absolute Gasteiger partial charge is 0.0876 e. The van der Waals surface area contributed by atoms with E-state index in [9.17, 15) is 0 Å². The Balaban J connectivity index is 2.27. The van der Waals surface area contributed by atoms with Gasteiger partial charge in [-0.15, -0.1) is 0 Å². The maximum Gasteiger partial charge on any atom is 0.0876 e. The molecule has 0 amide bonds. The molecule has 1 N–H and O–H groups in total. The van der Waals surface area contributed by atoms with E-state index in [0.29, 0.717) is 11.6 Å². The lowest BCUT2D eigenvalue weighted by atomic mass is 9.80. The molecule has 1 unspecified atom stereocenters. The maximum atomic E-state index is 5.67. The van der Waals surface area contributed by atoms with E-state index in [-0.39, 0.29) is 0 Å². The Morgan fingerprint density at radius 1 is 1.19 bits per heavy atom. The molecule has 2 aliphatic rings. The fourth-order valence-corrected chi connectivity index (χ4v) is 4.38. The minimum absolute atomic E-state index is 0.311. The summed E-state index contributed by atoms with van der Waals surface area (Å²) in [5, 5.41) is 3.88. The van der Waals surface area contributed by atoms with E-state index in [4.69, 9.17) is 4.74 Å². The average Bonchev–Trinajstić information content (AvgIpc) is 3.00. The zero-order valence-corrected chi connectivity index (χ0v) is 14.3. The molecule has 1 aliphatic heterocycles. The topological polar surface area (TPSA) is 24.5 Å². The van der Waals surface area contributed by atoms with Crippen LogP contribution in [0.15, 0.2) is 11.8 Å². The summed E-state index contributed by atoms with van der Waals surface area (Å²) in [7, 11) is 0. The lowest BCUT2D eigenvalue weighted by Gasteiger charge is -2.48. The van der Waals surface area contributed by atoms with Crippen LogP contribution in [0.25, 0.3) is 0 Å². The molecular formula is C18H34N2O. The van der Waals surface area contributed by atoms with Crippen LogP contribution in [0, 0.1) is 0 Å². The first kappa shape index (κ1) is 16.8. The van der Waals surface area contributed by atoms with Gasteiger partial charge in [0.25, 0.3) is 0 Å². The molecule has 1 saturated carbocycles. The van der Waals surface area contributed by atoms with Crippen molar-refractivity contribution in [3.63, 3.8) is 0 Å². The van der Waals surface area contributed by atoms with Gasteiger partial charge >= 0.3 is 0 Å². The number of likely N-dealkylation sites (N-methyl/N-ethyl adjacent to an activating group) is 1. The quantitative estimate of drug-likeness (QED) is 0.738. The van der Waals surface area contributed by atoms with Crippen molar-refractivity contribution in [1.29, 1.82) is 0 Å². The van der Waals surface area contributed by atoms with Gasteiger partial charge in [-0.05, 0) is 57.3 Å². The average molecular weight is 294 g/mol. The summed E-state index contributed by atoms with van der Waals surface area (Å²) in [6.07, 6.45) is 11.0. The molecule has 122 valence electrons. The second kappa shape index (κ2) is 8.19. The number of rotatable bonds is 8. The Morgan fingerprint density at radius 2 is 1.90 bits per heavy atom. The van der Waals surface area contributed by atoms with Crippen molar-refractivity contribution in [2.75, 3.05) is 26.2 Å². The fourth-order valence-electron chi connectivity index (χ4n) is 4.38. The van der Waals surface area contributed by atoms with Crippen molar-refractivity contribution in [3.05, 3.63) is 11.8 Å². The molecule has 3 nitrogen and oxygen atoms in total. The van der Waals surface area contributed by atoms with Crippen LogP contribution in [0.2, 0.25) is 0 Å². The molecule has 21 heavy (non-hydrogen) atoms. The Hall–Kier alpha value is -0.540. The second-order valence-electron chi connectivity index (χ2n) is 6.54. The molecule has 0 aromatic heterocycles. The largest absolute Gasteiger partial charge is 0.501 e. The van der Waals surface area contributed by atoms with Crippen LogP contribution in [-0.2, 0) is 4.74 Å². The Kier molecular flexibility index (Phi) is 6.56. The molecule has 2 rings (SSSR count). The summed E-state index contributed by atoms with van der Waals surface area (Å²) < 4.78 is 5.67. The molecule has 1 aliphatic carbocycles. The zero-order valence-electron chi connectivity index (χ0n) is 14.3. The standard InChI is InChI=1S/C18H34N2O/c1-4-13-19-17(16-10-9-14-21-15-16)18(11-7-8-12-18)20(5-2)6-3/h15,17,19H,4-14H2,1-3H3. The number of hydrogen-bond acceptors (Lipinski definition) is 3. The molecular weight excluding hydrogens is 260 g/mol. The minimum atomic E-state index is 0.311. The third-order valence-electron chi connectivity index (χ3n) is 5.33. The van der Waals surface area contributed by atoms with Gasteiger partial charge < -0.3 is 10.1 Å². The van der Waals surface area contributed by atoms with Crippen molar-refractivity contribution >= 4 is 0 Å². The van der Waals surface area contributed by atoms with Gasteiger partial charge in [0.05, 0.1) is 12.9 Å². The van der Waals surface area contributed by atoms with Crippen LogP contribution in [0.3, 0.4) is 0 Å². The second-order valence-corrected chi connectivity index (χ2v) is 6.54. The number of nitrogens with zero attached hydrogens (tertiary/aromatic N) is 1. The highest BCUT2D eigenvalue weighted by Crippen LogP contribution is 2.41. The van der Waals surface area contributed by atoms with Crippen LogP contribution in [0.4, 0.5) is 0 Å². The molecule has 0 aromatic carbocycles. The Morgan fingerprint density at radius 3 is 2.43 bits per heavy atom. The first-order valence-corrected chi connectivity index (χ1v) is 9.07. The van der Waals surface area contributed by atoms with Gasteiger partial charge in [-0.1, -0.05) is 33.6 Å². The van der Waals surface area contributed by atoms with E-state index in [2.05, 4.69) is 37.2 Å². The molecule has 0 spiro atoms. The summed E-state index contributed by atoms with van der Waals surface area (Å²) >= 11 is 0. The monoisotopic (exact) mass is 294 g/mol. The Bertz CT molecular complexity index is 330. The highest BCUT2D eigenvalue weighted by Gasteiger charge is 2.46. The van der Waals surface area contributed by atoms with Crippen molar-refractivity contribution < 1.29 is 4.74 Å². The summed E-state index contributed by atoms with van der Waals surface area (Å²) in [5.41, 5.74) is 1.81. The van der Waals surface area contributed by atoms with E-state index >= 15 is 0 Å². The molecule has 1 atom stereocenters. The lowest BCUT2D eigenvalue weighted by Crippen LogP contribution is -2.61. The van der Waals surface area contributed by atoms with Gasteiger partial charge in [-0.25, -0.2) is 0 Å². The van der Waals surface area contributed by atoms with Gasteiger partial charge in [0.2, 0.25) is 0 Å². The molecule has 0 bridgehead atoms. The van der Waals surface area contributed by atoms with E-state index in [1.54, 1.807) is 0 Å². The molecule has 0 aromatic rings. The van der Waals surface area contributed by atoms with Gasteiger partial charge in [0.15, 0.2) is 0 Å². The predicted octanol–water partition coefficient (Wildman–Crippen LogP) is 3.70. The van der Waals surface area contributed by atoms with Crippen molar-refractivity contribution in [2.24, 2.45) is 0 Å². The summed E-state index contributed by atoms with van der Waals surface area (Å²) in [6, 6.07) is 0.472. The van der Waals surface area contributed by atoms with Crippen LogP contribution in [0.5, 0.6) is 0 Å². The lowest BCUT2D eigenvalue weighted by molar-refractivity contribution is 0.0699. The highest BCUT2D eigenvalue weighted by atomic mass is 16.5.